The summed E-state index contributed by atoms with van der Waals surface area (Å²) in [7, 11) is 0. The van der Waals surface area contributed by atoms with Crippen LogP contribution in [0.25, 0.3) is 0 Å². The van der Waals surface area contributed by atoms with E-state index in [0.717, 1.165) is 37.7 Å². The van der Waals surface area contributed by atoms with E-state index in [4.69, 9.17) is 15.0 Å². The van der Waals surface area contributed by atoms with Gasteiger partial charge in [0.05, 0.1) is 6.61 Å². The summed E-state index contributed by atoms with van der Waals surface area (Å²) in [6.07, 6.45) is 4.51. The zero-order valence-electron chi connectivity index (χ0n) is 16.7. The molecule has 1 aromatic carbocycles. The van der Waals surface area contributed by atoms with E-state index in [2.05, 4.69) is 29.0 Å². The molecule has 0 fully saturated rings. The molecule has 156 valence electrons. The summed E-state index contributed by atoms with van der Waals surface area (Å²) in [5.74, 6) is -0.275. The second kappa shape index (κ2) is 11.6. The molecule has 8 heteroatoms. The van der Waals surface area contributed by atoms with Gasteiger partial charge in [-0.3, -0.25) is 4.79 Å². The van der Waals surface area contributed by atoms with Crippen molar-refractivity contribution in [2.45, 2.75) is 51.5 Å². The summed E-state index contributed by atoms with van der Waals surface area (Å²) in [4.78, 5) is 28.0. The van der Waals surface area contributed by atoms with Crippen molar-refractivity contribution >= 4 is 12.0 Å². The van der Waals surface area contributed by atoms with Crippen molar-refractivity contribution in [1.82, 2.24) is 15.5 Å². The zero-order valence-corrected chi connectivity index (χ0v) is 16.7. The number of benzene rings is 1. The number of nitrogens with one attached hydrogen (secondary N) is 1. The lowest BCUT2D eigenvalue weighted by atomic mass is 10.1. The largest absolute Gasteiger partial charge is 0.450 e. The van der Waals surface area contributed by atoms with Crippen molar-refractivity contribution in [2.75, 3.05) is 6.61 Å². The average molecular weight is 400 g/mol. The lowest BCUT2D eigenvalue weighted by molar-refractivity contribution is -0.114. The molecule has 0 saturated carbocycles. The number of rotatable bonds is 12. The van der Waals surface area contributed by atoms with Crippen molar-refractivity contribution in [3.05, 3.63) is 59.8 Å². The van der Waals surface area contributed by atoms with Gasteiger partial charge in [0.25, 0.3) is 5.89 Å². The van der Waals surface area contributed by atoms with Crippen LogP contribution in [-0.2, 0) is 22.4 Å². The monoisotopic (exact) mass is 400 g/mol. The Morgan fingerprint density at radius 1 is 1.21 bits per heavy atom. The number of unbranched alkanes of at least 4 members (excludes halogenated alkanes) is 3. The molecule has 0 saturated heterocycles. The van der Waals surface area contributed by atoms with Crippen molar-refractivity contribution < 1.29 is 18.8 Å². The summed E-state index contributed by atoms with van der Waals surface area (Å²) in [5, 5.41) is 6.46. The van der Waals surface area contributed by atoms with Crippen LogP contribution >= 0.6 is 0 Å². The highest BCUT2D eigenvalue weighted by atomic mass is 16.5. The predicted octanol–water partition coefficient (Wildman–Crippen LogP) is 3.24. The Kier molecular flexibility index (Phi) is 8.88. The molecule has 2 rings (SSSR count). The van der Waals surface area contributed by atoms with Gasteiger partial charge in [0.15, 0.2) is 5.82 Å². The normalized spacial score (nSPS) is 11.6. The van der Waals surface area contributed by atoms with E-state index in [1.165, 1.54) is 0 Å². The van der Waals surface area contributed by atoms with Gasteiger partial charge in [-0.25, -0.2) is 4.79 Å². The van der Waals surface area contributed by atoms with Crippen molar-refractivity contribution in [2.24, 2.45) is 5.73 Å². The van der Waals surface area contributed by atoms with E-state index in [9.17, 15) is 9.59 Å². The number of aromatic nitrogens is 2. The van der Waals surface area contributed by atoms with Gasteiger partial charge in [0.1, 0.15) is 6.04 Å². The zero-order chi connectivity index (χ0) is 21.1. The van der Waals surface area contributed by atoms with Crippen molar-refractivity contribution in [3.63, 3.8) is 0 Å². The Morgan fingerprint density at radius 3 is 2.66 bits per heavy atom. The van der Waals surface area contributed by atoms with E-state index in [-0.39, 0.29) is 18.1 Å². The van der Waals surface area contributed by atoms with Crippen LogP contribution in [0.15, 0.2) is 47.0 Å². The fourth-order valence-corrected chi connectivity index (χ4v) is 2.68. The lowest BCUT2D eigenvalue weighted by Gasteiger charge is -2.15. The number of nitrogens with two attached hydrogens (primary N) is 1. The third-order valence-electron chi connectivity index (χ3n) is 4.37. The third kappa shape index (κ3) is 7.40. The molecule has 0 bridgehead atoms. The van der Waals surface area contributed by atoms with Gasteiger partial charge in [-0.2, -0.15) is 4.98 Å². The molecule has 0 aliphatic heterocycles. The van der Waals surface area contributed by atoms with Crippen LogP contribution in [0.4, 0.5) is 4.79 Å². The number of hydrogen-bond donors (Lipinski definition) is 2. The summed E-state index contributed by atoms with van der Waals surface area (Å²) >= 11 is 0. The van der Waals surface area contributed by atoms with Crippen LogP contribution in [0.5, 0.6) is 0 Å². The van der Waals surface area contributed by atoms with E-state index in [0.29, 0.717) is 12.2 Å². The Morgan fingerprint density at radius 2 is 1.97 bits per heavy atom. The predicted molar refractivity (Wildman–Crippen MR) is 108 cm³/mol. The fourth-order valence-electron chi connectivity index (χ4n) is 2.68. The van der Waals surface area contributed by atoms with Gasteiger partial charge >= 0.3 is 6.09 Å². The number of hydrogen-bond acceptors (Lipinski definition) is 6. The molecule has 29 heavy (non-hydrogen) atoms. The van der Waals surface area contributed by atoms with Gasteiger partial charge < -0.3 is 20.3 Å². The Balaban J connectivity index is 1.97. The quantitative estimate of drug-likeness (QED) is 0.417. The lowest BCUT2D eigenvalue weighted by Crippen LogP contribution is -2.34. The van der Waals surface area contributed by atoms with E-state index in [1.807, 2.05) is 30.3 Å². The summed E-state index contributed by atoms with van der Waals surface area (Å²) in [6, 6.07) is 8.86. The summed E-state index contributed by atoms with van der Waals surface area (Å²) in [6.45, 7) is 6.02. The number of carbonyl (C=O) groups excluding carboxylic acids is 2. The number of alkyl carbamates (subject to hydrolysis) is 1. The van der Waals surface area contributed by atoms with Crippen molar-refractivity contribution in [1.29, 1.82) is 0 Å². The molecule has 8 nitrogen and oxygen atoms in total. The number of ether oxygens (including phenoxy) is 1. The van der Waals surface area contributed by atoms with Gasteiger partial charge in [-0.15, -0.1) is 0 Å². The minimum atomic E-state index is -1.03. The molecule has 2 aromatic rings. The number of carbonyl (C=O) groups is 2. The average Bonchev–Trinajstić information content (AvgIpc) is 3.19. The van der Waals surface area contributed by atoms with Crippen LogP contribution in [0.1, 0.15) is 55.9 Å². The minimum Gasteiger partial charge on any atom is -0.450 e. The maximum absolute atomic E-state index is 12.1. The Hall–Kier alpha value is -3.16. The Labute approximate surface area is 170 Å². The Bertz CT molecular complexity index is 804. The highest BCUT2D eigenvalue weighted by molar-refractivity contribution is 5.93. The first-order valence-electron chi connectivity index (χ1n) is 9.79. The van der Waals surface area contributed by atoms with Crippen LogP contribution in [0.3, 0.4) is 0 Å². The van der Waals surface area contributed by atoms with Gasteiger partial charge in [-0.1, -0.05) is 68.3 Å². The second-order valence-electron chi connectivity index (χ2n) is 6.70. The van der Waals surface area contributed by atoms with Crippen LogP contribution in [0.2, 0.25) is 0 Å². The first kappa shape index (κ1) is 22.1. The standard InChI is InChI=1S/C21H28N4O4/c1-3-4-5-9-14-28-21(27)24-18(15(2)19(22)26)20-23-17(25-29-20)13-12-16-10-7-6-8-11-16/h6-8,10-11,18H,2-5,9,12-14H2,1H3,(H2,22,26)(H,24,27)/t18-/m1/s1. The van der Waals surface area contributed by atoms with Crippen LogP contribution in [-0.4, -0.2) is 28.7 Å². The van der Waals surface area contributed by atoms with Gasteiger partial charge in [-0.05, 0) is 18.4 Å². The van der Waals surface area contributed by atoms with Gasteiger partial charge in [0, 0.05) is 12.0 Å². The fraction of sp³-hybridized carbons (Fsp3) is 0.429. The van der Waals surface area contributed by atoms with E-state index >= 15 is 0 Å². The van der Waals surface area contributed by atoms with Crippen LogP contribution in [0, 0.1) is 0 Å². The molecular weight excluding hydrogens is 372 g/mol. The van der Waals surface area contributed by atoms with Crippen LogP contribution < -0.4 is 11.1 Å². The van der Waals surface area contributed by atoms with E-state index in [1.54, 1.807) is 0 Å². The second-order valence-corrected chi connectivity index (χ2v) is 6.70. The SMILES string of the molecule is C=C(C(N)=O)[C@@H](NC(=O)OCCCCCC)c1nc(CCc2ccccc2)no1. The topological polar surface area (TPSA) is 120 Å². The third-order valence-corrected chi connectivity index (χ3v) is 4.37. The highest BCUT2D eigenvalue weighted by Gasteiger charge is 2.27. The molecule has 0 aliphatic carbocycles. The van der Waals surface area contributed by atoms with E-state index < -0.39 is 18.0 Å². The maximum atomic E-state index is 12.1. The smallest absolute Gasteiger partial charge is 0.408 e. The molecule has 1 atom stereocenters. The first-order chi connectivity index (χ1) is 14.0. The molecule has 3 N–H and O–H groups in total. The molecule has 2 amide bonds. The number of aryl methyl sites for hydroxylation is 2. The summed E-state index contributed by atoms with van der Waals surface area (Å²) in [5.41, 5.74) is 6.40. The van der Waals surface area contributed by atoms with Crippen molar-refractivity contribution in [3.8, 4) is 0 Å². The summed E-state index contributed by atoms with van der Waals surface area (Å²) < 4.78 is 10.4. The molecule has 0 unspecified atom stereocenters. The molecule has 0 aliphatic rings. The maximum Gasteiger partial charge on any atom is 0.408 e. The molecule has 0 spiro atoms. The highest BCUT2D eigenvalue weighted by Crippen LogP contribution is 2.19. The number of primary amides is 1. The van der Waals surface area contributed by atoms with Gasteiger partial charge in [0.2, 0.25) is 5.91 Å². The first-order valence-corrected chi connectivity index (χ1v) is 9.79. The molecule has 1 aromatic heterocycles. The number of amides is 2. The number of nitrogens with zero attached hydrogens (tertiary/aromatic N) is 2. The molecule has 1 heterocycles. The molecule has 0 radical (unpaired) electrons. The minimum absolute atomic E-state index is 0.0415. The molecular formula is C21H28N4O4.